The van der Waals surface area contributed by atoms with Gasteiger partial charge in [-0.15, -0.1) is 0 Å². The van der Waals surface area contributed by atoms with E-state index in [0.717, 1.165) is 16.7 Å². The van der Waals surface area contributed by atoms with Gasteiger partial charge in [0.05, 0.1) is 7.11 Å². The van der Waals surface area contributed by atoms with E-state index < -0.39 is 5.91 Å². The summed E-state index contributed by atoms with van der Waals surface area (Å²) in [5.41, 5.74) is 5.06. The molecule has 0 saturated heterocycles. The zero-order valence-electron chi connectivity index (χ0n) is 20.1. The topological polar surface area (TPSA) is 100 Å². The van der Waals surface area contributed by atoms with Gasteiger partial charge in [-0.1, -0.05) is 29.8 Å². The molecule has 0 saturated carbocycles. The van der Waals surface area contributed by atoms with Crippen molar-refractivity contribution in [1.29, 1.82) is 5.26 Å². The maximum Gasteiger partial charge on any atom is 0.266 e. The third-order valence-corrected chi connectivity index (χ3v) is 5.32. The molecular formula is C28H27N3O4. The van der Waals surface area contributed by atoms with Crippen LogP contribution in [0.4, 0.5) is 11.4 Å². The molecule has 0 radical (unpaired) electrons. The van der Waals surface area contributed by atoms with Crippen LogP contribution in [0.25, 0.3) is 6.08 Å². The second-order valence-corrected chi connectivity index (χ2v) is 8.04. The molecule has 178 valence electrons. The molecule has 2 amide bonds. The normalized spacial score (nSPS) is 10.8. The van der Waals surface area contributed by atoms with Crippen molar-refractivity contribution in [2.45, 2.75) is 20.8 Å². The van der Waals surface area contributed by atoms with Crippen molar-refractivity contribution in [2.75, 3.05) is 24.4 Å². The van der Waals surface area contributed by atoms with Crippen molar-refractivity contribution >= 4 is 29.3 Å². The van der Waals surface area contributed by atoms with Gasteiger partial charge in [0.2, 0.25) is 0 Å². The van der Waals surface area contributed by atoms with Gasteiger partial charge in [0.25, 0.3) is 11.8 Å². The van der Waals surface area contributed by atoms with E-state index in [9.17, 15) is 14.9 Å². The Morgan fingerprint density at radius 3 is 2.26 bits per heavy atom. The fraction of sp³-hybridized carbons (Fsp3) is 0.179. The highest BCUT2D eigenvalue weighted by molar-refractivity contribution is 6.09. The van der Waals surface area contributed by atoms with Crippen LogP contribution >= 0.6 is 0 Å². The van der Waals surface area contributed by atoms with E-state index in [1.54, 1.807) is 24.3 Å². The molecule has 3 rings (SSSR count). The summed E-state index contributed by atoms with van der Waals surface area (Å²) >= 11 is 0. The summed E-state index contributed by atoms with van der Waals surface area (Å²) in [4.78, 5) is 24.8. The van der Waals surface area contributed by atoms with Crippen LogP contribution in [-0.4, -0.2) is 25.5 Å². The van der Waals surface area contributed by atoms with Crippen LogP contribution in [0.15, 0.2) is 66.2 Å². The average molecular weight is 470 g/mol. The summed E-state index contributed by atoms with van der Waals surface area (Å²) < 4.78 is 11.0. The van der Waals surface area contributed by atoms with E-state index in [0.29, 0.717) is 28.4 Å². The number of nitrogens with zero attached hydrogens (tertiary/aromatic N) is 1. The molecule has 0 aliphatic rings. The number of hydrogen-bond acceptors (Lipinski definition) is 5. The molecule has 0 fully saturated rings. The first-order valence-corrected chi connectivity index (χ1v) is 11.0. The van der Waals surface area contributed by atoms with Crippen molar-refractivity contribution in [1.82, 2.24) is 0 Å². The minimum atomic E-state index is -0.511. The Kier molecular flexibility index (Phi) is 8.25. The maximum atomic E-state index is 12.6. The fourth-order valence-corrected chi connectivity index (χ4v) is 3.20. The van der Waals surface area contributed by atoms with E-state index >= 15 is 0 Å². The Balaban J connectivity index is 1.68. The molecule has 0 spiro atoms. The summed E-state index contributed by atoms with van der Waals surface area (Å²) in [7, 11) is 1.47. The van der Waals surface area contributed by atoms with Gasteiger partial charge >= 0.3 is 0 Å². The number of benzene rings is 3. The van der Waals surface area contributed by atoms with Crippen LogP contribution in [0.3, 0.4) is 0 Å². The molecule has 0 unspecified atom stereocenters. The molecule has 0 aliphatic heterocycles. The summed E-state index contributed by atoms with van der Waals surface area (Å²) in [5.74, 6) is -0.0898. The number of anilines is 2. The third kappa shape index (κ3) is 6.95. The Morgan fingerprint density at radius 2 is 1.60 bits per heavy atom. The summed E-state index contributed by atoms with van der Waals surface area (Å²) in [6.45, 7) is 5.70. The number of rotatable bonds is 8. The molecule has 7 nitrogen and oxygen atoms in total. The number of nitriles is 1. The van der Waals surface area contributed by atoms with Gasteiger partial charge in [0, 0.05) is 11.4 Å². The highest BCUT2D eigenvalue weighted by Gasteiger charge is 2.13. The van der Waals surface area contributed by atoms with Crippen LogP contribution < -0.4 is 20.1 Å². The standard InChI is InChI=1S/C28H27N3O4/c1-18-5-9-23(10-6-18)30-27(32)17-35-25-12-8-21(15-26(25)34-4)14-22(16-29)28(33)31-24-11-7-19(2)20(3)13-24/h5-15H,17H2,1-4H3,(H,30,32)(H,31,33). The Labute approximate surface area is 205 Å². The Bertz CT molecular complexity index is 1300. The monoisotopic (exact) mass is 469 g/mol. The van der Waals surface area contributed by atoms with E-state index in [1.807, 2.05) is 63.2 Å². The number of carbonyl (C=O) groups is 2. The quantitative estimate of drug-likeness (QED) is 0.350. The molecule has 2 N–H and O–H groups in total. The van der Waals surface area contributed by atoms with Crippen molar-refractivity contribution in [2.24, 2.45) is 0 Å². The lowest BCUT2D eigenvalue weighted by Gasteiger charge is -2.12. The van der Waals surface area contributed by atoms with Crippen LogP contribution in [0, 0.1) is 32.1 Å². The van der Waals surface area contributed by atoms with Crippen LogP contribution in [-0.2, 0) is 9.59 Å². The summed E-state index contributed by atoms with van der Waals surface area (Å²) in [5, 5.41) is 15.0. The van der Waals surface area contributed by atoms with Crippen molar-refractivity contribution in [3.05, 3.63) is 88.5 Å². The SMILES string of the molecule is COc1cc(C=C(C#N)C(=O)Nc2ccc(C)c(C)c2)ccc1OCC(=O)Nc1ccc(C)cc1. The lowest BCUT2D eigenvalue weighted by molar-refractivity contribution is -0.118. The zero-order valence-corrected chi connectivity index (χ0v) is 20.1. The smallest absolute Gasteiger partial charge is 0.266 e. The lowest BCUT2D eigenvalue weighted by Crippen LogP contribution is -2.20. The Hall–Kier alpha value is -4.57. The van der Waals surface area contributed by atoms with E-state index in [4.69, 9.17) is 9.47 Å². The van der Waals surface area contributed by atoms with Crippen LogP contribution in [0.5, 0.6) is 11.5 Å². The molecule has 0 heterocycles. The number of ether oxygens (including phenoxy) is 2. The van der Waals surface area contributed by atoms with Crippen molar-refractivity contribution in [3.8, 4) is 17.6 Å². The number of carbonyl (C=O) groups excluding carboxylic acids is 2. The zero-order chi connectivity index (χ0) is 25.4. The molecule has 0 bridgehead atoms. The summed E-state index contributed by atoms with van der Waals surface area (Å²) in [6.07, 6.45) is 1.47. The molecule has 7 heteroatoms. The third-order valence-electron chi connectivity index (χ3n) is 5.32. The predicted octanol–water partition coefficient (Wildman–Crippen LogP) is 5.18. The molecule has 0 atom stereocenters. The second-order valence-electron chi connectivity index (χ2n) is 8.04. The van der Waals surface area contributed by atoms with E-state index in [2.05, 4.69) is 10.6 Å². The van der Waals surface area contributed by atoms with Crippen molar-refractivity contribution in [3.63, 3.8) is 0 Å². The number of amides is 2. The molecule has 35 heavy (non-hydrogen) atoms. The van der Waals surface area contributed by atoms with Gasteiger partial charge in [0.15, 0.2) is 18.1 Å². The van der Waals surface area contributed by atoms with Gasteiger partial charge in [-0.2, -0.15) is 5.26 Å². The summed E-state index contributed by atoms with van der Waals surface area (Å²) in [6, 6.07) is 19.9. The van der Waals surface area contributed by atoms with Crippen LogP contribution in [0.2, 0.25) is 0 Å². The first kappa shape index (κ1) is 25.1. The van der Waals surface area contributed by atoms with Gasteiger partial charge in [-0.25, -0.2) is 0 Å². The second kappa shape index (κ2) is 11.5. The minimum Gasteiger partial charge on any atom is -0.493 e. The fourth-order valence-electron chi connectivity index (χ4n) is 3.20. The van der Waals surface area contributed by atoms with E-state index in [1.165, 1.54) is 13.2 Å². The van der Waals surface area contributed by atoms with Gasteiger partial charge in [-0.3, -0.25) is 9.59 Å². The van der Waals surface area contributed by atoms with E-state index in [-0.39, 0.29) is 18.1 Å². The highest BCUT2D eigenvalue weighted by atomic mass is 16.5. The number of hydrogen-bond donors (Lipinski definition) is 2. The maximum absolute atomic E-state index is 12.6. The number of nitrogens with one attached hydrogen (secondary N) is 2. The largest absolute Gasteiger partial charge is 0.493 e. The van der Waals surface area contributed by atoms with Gasteiger partial charge in [0.1, 0.15) is 11.6 Å². The number of aryl methyl sites for hydroxylation is 3. The first-order valence-electron chi connectivity index (χ1n) is 11.0. The molecule has 3 aromatic carbocycles. The lowest BCUT2D eigenvalue weighted by atomic mass is 10.1. The molecule has 0 aromatic heterocycles. The Morgan fingerprint density at radius 1 is 0.886 bits per heavy atom. The highest BCUT2D eigenvalue weighted by Crippen LogP contribution is 2.29. The van der Waals surface area contributed by atoms with Gasteiger partial charge in [-0.05, 0) is 79.9 Å². The molecular weight excluding hydrogens is 442 g/mol. The first-order chi connectivity index (χ1) is 16.8. The van der Waals surface area contributed by atoms with Gasteiger partial charge < -0.3 is 20.1 Å². The number of methoxy groups -OCH3 is 1. The van der Waals surface area contributed by atoms with Crippen LogP contribution in [0.1, 0.15) is 22.3 Å². The predicted molar refractivity (Wildman–Crippen MR) is 136 cm³/mol. The molecule has 3 aromatic rings. The minimum absolute atomic E-state index is 0.0589. The average Bonchev–Trinajstić information content (AvgIpc) is 2.85. The van der Waals surface area contributed by atoms with Crippen molar-refractivity contribution < 1.29 is 19.1 Å². The molecule has 0 aliphatic carbocycles.